The fraction of sp³-hybridized carbons (Fsp3) is 0.545. The van der Waals surface area contributed by atoms with E-state index in [1.165, 1.54) is 13.3 Å². The third-order valence-corrected chi connectivity index (χ3v) is 3.74. The van der Waals surface area contributed by atoms with E-state index in [1.54, 1.807) is 0 Å². The van der Waals surface area contributed by atoms with Gasteiger partial charge in [0.1, 0.15) is 6.26 Å². The Labute approximate surface area is 180 Å². The molecule has 4 nitrogen and oxygen atoms in total. The second-order valence-corrected chi connectivity index (χ2v) is 6.20. The molecule has 0 atom stereocenters. The van der Waals surface area contributed by atoms with Gasteiger partial charge in [-0.15, -0.1) is 0 Å². The summed E-state index contributed by atoms with van der Waals surface area (Å²) in [7, 11) is 0. The minimum Gasteiger partial charge on any atom is -0.478 e. The standard InChI is InChI=1S/C22H34O4.Mg.2H/c1-3-4-5-6-7-8-9-10-11-12-13-14-15-16-17-18-21(23)26-19-20(2)22(24)25;;;/h4-5,7-8,10-11,19H,3,6,9,12-18H2,1-2H3,(H,24,25);;;/b5-4-,8-7-,11-10-,20-19?;;;. The fourth-order valence-corrected chi connectivity index (χ4v) is 2.15. The highest BCUT2D eigenvalue weighted by atomic mass is 24.3. The predicted molar refractivity (Wildman–Crippen MR) is 115 cm³/mol. The quantitative estimate of drug-likeness (QED) is 0.105. The first-order valence-electron chi connectivity index (χ1n) is 9.62. The highest BCUT2D eigenvalue weighted by molar-refractivity contribution is 5.85. The number of carbonyl (C=O) groups is 2. The lowest BCUT2D eigenvalue weighted by molar-refractivity contribution is -0.138. The van der Waals surface area contributed by atoms with Gasteiger partial charge < -0.3 is 9.84 Å². The van der Waals surface area contributed by atoms with Gasteiger partial charge in [0, 0.05) is 6.42 Å². The summed E-state index contributed by atoms with van der Waals surface area (Å²) in [4.78, 5) is 22.0. The summed E-state index contributed by atoms with van der Waals surface area (Å²) >= 11 is 0. The Morgan fingerprint density at radius 1 is 0.852 bits per heavy atom. The fourth-order valence-electron chi connectivity index (χ4n) is 2.15. The molecule has 0 aliphatic carbocycles. The number of unbranched alkanes of at least 4 members (excludes halogenated alkanes) is 5. The van der Waals surface area contributed by atoms with Gasteiger partial charge in [0.25, 0.3) is 0 Å². The lowest BCUT2D eigenvalue weighted by atomic mass is 10.1. The molecular formula is C22H36MgO4. The summed E-state index contributed by atoms with van der Waals surface area (Å²) in [6.07, 6.45) is 24.0. The van der Waals surface area contributed by atoms with Crippen LogP contribution in [0.4, 0.5) is 0 Å². The summed E-state index contributed by atoms with van der Waals surface area (Å²) in [6, 6.07) is 0. The number of allylic oxidation sites excluding steroid dienone is 6. The average molecular weight is 389 g/mol. The van der Waals surface area contributed by atoms with E-state index < -0.39 is 5.97 Å². The van der Waals surface area contributed by atoms with Crippen LogP contribution in [0.3, 0.4) is 0 Å². The number of rotatable bonds is 15. The molecule has 0 fully saturated rings. The normalized spacial score (nSPS) is 12.0. The molecule has 150 valence electrons. The monoisotopic (exact) mass is 388 g/mol. The highest BCUT2D eigenvalue weighted by Crippen LogP contribution is 2.09. The van der Waals surface area contributed by atoms with E-state index in [2.05, 4.69) is 43.4 Å². The van der Waals surface area contributed by atoms with Gasteiger partial charge in [0.05, 0.1) is 5.57 Å². The zero-order chi connectivity index (χ0) is 19.5. The lowest BCUT2D eigenvalue weighted by Crippen LogP contribution is -2.02. The molecule has 0 rings (SSSR count). The van der Waals surface area contributed by atoms with Crippen molar-refractivity contribution in [1.29, 1.82) is 0 Å². The van der Waals surface area contributed by atoms with Gasteiger partial charge >= 0.3 is 35.0 Å². The molecule has 5 heteroatoms. The van der Waals surface area contributed by atoms with Crippen LogP contribution >= 0.6 is 0 Å². The van der Waals surface area contributed by atoms with Crippen molar-refractivity contribution in [2.24, 2.45) is 0 Å². The second-order valence-electron chi connectivity index (χ2n) is 6.20. The van der Waals surface area contributed by atoms with Gasteiger partial charge in [-0.25, -0.2) is 4.79 Å². The maximum Gasteiger partial charge on any atom is 0.334 e. The summed E-state index contributed by atoms with van der Waals surface area (Å²) < 4.78 is 4.78. The molecule has 0 unspecified atom stereocenters. The minimum atomic E-state index is -1.08. The van der Waals surface area contributed by atoms with Crippen molar-refractivity contribution in [1.82, 2.24) is 0 Å². The molecule has 0 bridgehead atoms. The number of carbonyl (C=O) groups excluding carboxylic acids is 1. The van der Waals surface area contributed by atoms with Crippen molar-refractivity contribution in [3.63, 3.8) is 0 Å². The zero-order valence-electron chi connectivity index (χ0n) is 16.3. The Morgan fingerprint density at radius 2 is 1.41 bits per heavy atom. The molecule has 0 aliphatic rings. The van der Waals surface area contributed by atoms with E-state index in [-0.39, 0.29) is 34.6 Å². The molecule has 0 spiro atoms. The summed E-state index contributed by atoms with van der Waals surface area (Å²) in [6.45, 7) is 3.53. The molecule has 27 heavy (non-hydrogen) atoms. The molecule has 0 aromatic heterocycles. The second kappa shape index (κ2) is 21.0. The van der Waals surface area contributed by atoms with Gasteiger partial charge in [-0.1, -0.05) is 62.6 Å². The van der Waals surface area contributed by atoms with Gasteiger partial charge in [-0.05, 0) is 45.4 Å². The predicted octanol–water partition coefficient (Wildman–Crippen LogP) is 5.19. The molecule has 0 aromatic rings. The van der Waals surface area contributed by atoms with Crippen molar-refractivity contribution in [3.05, 3.63) is 48.3 Å². The first-order chi connectivity index (χ1) is 12.6. The third-order valence-electron chi connectivity index (χ3n) is 3.74. The maximum atomic E-state index is 11.4. The number of aliphatic carboxylic acids is 1. The highest BCUT2D eigenvalue weighted by Gasteiger charge is 2.04. The maximum absolute atomic E-state index is 11.4. The van der Waals surface area contributed by atoms with Crippen LogP contribution in [0.5, 0.6) is 0 Å². The minimum absolute atomic E-state index is 0. The molecule has 0 aliphatic heterocycles. The van der Waals surface area contributed by atoms with Crippen LogP contribution < -0.4 is 0 Å². The van der Waals surface area contributed by atoms with Crippen LogP contribution in [0.1, 0.15) is 78.1 Å². The summed E-state index contributed by atoms with van der Waals surface area (Å²) in [5, 5.41) is 8.64. The molecule has 0 radical (unpaired) electrons. The number of esters is 1. The van der Waals surface area contributed by atoms with Crippen molar-refractivity contribution < 1.29 is 19.4 Å². The van der Waals surface area contributed by atoms with Gasteiger partial charge in [-0.3, -0.25) is 4.79 Å². The molecule has 0 saturated carbocycles. The van der Waals surface area contributed by atoms with E-state index in [0.717, 1.165) is 57.6 Å². The average Bonchev–Trinajstić information content (AvgIpc) is 2.62. The summed E-state index contributed by atoms with van der Waals surface area (Å²) in [5.41, 5.74) is 0.0234. The Hall–Kier alpha value is -1.33. The van der Waals surface area contributed by atoms with Crippen molar-refractivity contribution in [2.75, 3.05) is 0 Å². The van der Waals surface area contributed by atoms with Crippen LogP contribution in [-0.2, 0) is 14.3 Å². The van der Waals surface area contributed by atoms with E-state index >= 15 is 0 Å². The van der Waals surface area contributed by atoms with E-state index in [0.29, 0.717) is 6.42 Å². The number of hydrogen-bond acceptors (Lipinski definition) is 3. The number of carboxylic acid groups (broad SMARTS) is 1. The lowest BCUT2D eigenvalue weighted by Gasteiger charge is -2.01. The van der Waals surface area contributed by atoms with E-state index in [1.807, 2.05) is 0 Å². The molecule has 0 amide bonds. The van der Waals surface area contributed by atoms with Crippen LogP contribution in [0.15, 0.2) is 48.3 Å². The number of hydrogen-bond donors (Lipinski definition) is 1. The molecule has 0 aromatic carbocycles. The molecule has 0 saturated heterocycles. The molecule has 0 heterocycles. The summed E-state index contributed by atoms with van der Waals surface area (Å²) in [5.74, 6) is -1.45. The van der Waals surface area contributed by atoms with Crippen LogP contribution in [0.25, 0.3) is 0 Å². The smallest absolute Gasteiger partial charge is 0.334 e. The zero-order valence-corrected chi connectivity index (χ0v) is 16.3. The Bertz CT molecular complexity index is 504. The van der Waals surface area contributed by atoms with Gasteiger partial charge in [0.2, 0.25) is 0 Å². The van der Waals surface area contributed by atoms with Crippen LogP contribution in [0.2, 0.25) is 0 Å². The topological polar surface area (TPSA) is 63.6 Å². The van der Waals surface area contributed by atoms with Crippen molar-refractivity contribution in [3.8, 4) is 0 Å². The largest absolute Gasteiger partial charge is 0.478 e. The van der Waals surface area contributed by atoms with E-state index in [9.17, 15) is 9.59 Å². The molecule has 1 N–H and O–H groups in total. The number of carboxylic acids is 1. The van der Waals surface area contributed by atoms with E-state index in [4.69, 9.17) is 9.84 Å². The third kappa shape index (κ3) is 20.8. The van der Waals surface area contributed by atoms with Gasteiger partial charge in [-0.2, -0.15) is 0 Å². The van der Waals surface area contributed by atoms with Crippen LogP contribution in [-0.4, -0.2) is 40.1 Å². The number of ether oxygens (including phenoxy) is 1. The Kier molecular flexibility index (Phi) is 21.7. The van der Waals surface area contributed by atoms with Crippen LogP contribution in [0, 0.1) is 0 Å². The SMILES string of the molecule is CC/C=C\C/C=C\C/C=C\CCCCCCCC(=O)OC=C(C)C(=O)O.[MgH2]. The first kappa shape index (κ1) is 27.9. The van der Waals surface area contributed by atoms with Crippen molar-refractivity contribution in [2.45, 2.75) is 78.1 Å². The Morgan fingerprint density at radius 3 is 2.04 bits per heavy atom. The first-order valence-corrected chi connectivity index (χ1v) is 9.62. The van der Waals surface area contributed by atoms with Gasteiger partial charge in [0.15, 0.2) is 0 Å². The molecular weight excluding hydrogens is 353 g/mol. The van der Waals surface area contributed by atoms with Crippen molar-refractivity contribution >= 4 is 35.0 Å². The Balaban J connectivity index is 0.